The predicted molar refractivity (Wildman–Crippen MR) is 86.2 cm³/mol. The van der Waals surface area contributed by atoms with Gasteiger partial charge in [-0.05, 0) is 35.4 Å². The molecule has 3 N–H and O–H groups in total. The Morgan fingerprint density at radius 1 is 0.909 bits per heavy atom. The first kappa shape index (κ1) is 16.1. The Labute approximate surface area is 131 Å². The van der Waals surface area contributed by atoms with Crippen LogP contribution in [-0.2, 0) is 13.1 Å². The highest BCUT2D eigenvalue weighted by Gasteiger charge is 2.05. The summed E-state index contributed by atoms with van der Waals surface area (Å²) >= 11 is 0. The van der Waals surface area contributed by atoms with Gasteiger partial charge in [-0.1, -0.05) is 18.2 Å². The van der Waals surface area contributed by atoms with Gasteiger partial charge in [0.2, 0.25) is 0 Å². The van der Waals surface area contributed by atoms with Crippen LogP contribution < -0.4 is 25.3 Å². The minimum Gasteiger partial charge on any atom is -0.497 e. The zero-order valence-electron chi connectivity index (χ0n) is 13.0. The first-order chi connectivity index (χ1) is 10.8. The van der Waals surface area contributed by atoms with Gasteiger partial charge in [0, 0.05) is 13.1 Å². The largest absolute Gasteiger partial charge is 0.497 e. The molecule has 0 aromatic heterocycles. The highest BCUT2D eigenvalue weighted by molar-refractivity contribution is 5.42. The molecule has 0 spiro atoms. The third kappa shape index (κ3) is 4.38. The van der Waals surface area contributed by atoms with Crippen molar-refractivity contribution in [1.82, 2.24) is 5.32 Å². The monoisotopic (exact) mass is 302 g/mol. The van der Waals surface area contributed by atoms with Crippen molar-refractivity contribution in [3.8, 4) is 17.2 Å². The van der Waals surface area contributed by atoms with Crippen LogP contribution >= 0.6 is 0 Å². The Balaban J connectivity index is 1.85. The fraction of sp³-hybridized carbons (Fsp3) is 0.294. The van der Waals surface area contributed by atoms with Gasteiger partial charge in [-0.3, -0.25) is 5.32 Å². The van der Waals surface area contributed by atoms with Crippen LogP contribution in [0.25, 0.3) is 0 Å². The van der Waals surface area contributed by atoms with Crippen LogP contribution in [0.1, 0.15) is 11.1 Å². The lowest BCUT2D eigenvalue weighted by Crippen LogP contribution is -2.19. The second-order valence-corrected chi connectivity index (χ2v) is 4.75. The molecule has 0 radical (unpaired) electrons. The molecule has 5 nitrogen and oxygen atoms in total. The van der Waals surface area contributed by atoms with E-state index < -0.39 is 0 Å². The second kappa shape index (κ2) is 8.26. The van der Waals surface area contributed by atoms with Gasteiger partial charge >= 0.3 is 0 Å². The Morgan fingerprint density at radius 3 is 2.27 bits per heavy atom. The average Bonchev–Trinajstić information content (AvgIpc) is 2.59. The lowest BCUT2D eigenvalue weighted by Gasteiger charge is -2.12. The molecule has 0 unspecified atom stereocenters. The molecule has 2 rings (SSSR count). The van der Waals surface area contributed by atoms with Crippen molar-refractivity contribution in [1.29, 1.82) is 0 Å². The van der Waals surface area contributed by atoms with Crippen LogP contribution in [0.2, 0.25) is 0 Å². The molecule has 22 heavy (non-hydrogen) atoms. The van der Waals surface area contributed by atoms with E-state index in [0.29, 0.717) is 31.3 Å². The number of ether oxygens (including phenoxy) is 3. The first-order valence-electron chi connectivity index (χ1n) is 7.10. The highest BCUT2D eigenvalue weighted by Crippen LogP contribution is 2.27. The van der Waals surface area contributed by atoms with Crippen LogP contribution in [0.15, 0.2) is 42.5 Å². The highest BCUT2D eigenvalue weighted by atomic mass is 16.5. The molecule has 0 aliphatic heterocycles. The molecule has 0 aliphatic carbocycles. The normalized spacial score (nSPS) is 10.3. The van der Waals surface area contributed by atoms with Crippen molar-refractivity contribution in [3.63, 3.8) is 0 Å². The van der Waals surface area contributed by atoms with E-state index in [1.807, 2.05) is 42.5 Å². The maximum Gasteiger partial charge on any atom is 0.163 e. The fourth-order valence-electron chi connectivity index (χ4n) is 2.03. The van der Waals surface area contributed by atoms with Gasteiger partial charge in [0.05, 0.1) is 14.2 Å². The topological polar surface area (TPSA) is 65.7 Å². The van der Waals surface area contributed by atoms with Gasteiger partial charge in [-0.25, -0.2) is 0 Å². The number of benzene rings is 2. The molecular formula is C17H22N2O3. The molecule has 2 aromatic rings. The molecule has 0 bridgehead atoms. The minimum absolute atomic E-state index is 0.385. The van der Waals surface area contributed by atoms with Gasteiger partial charge in [0.1, 0.15) is 12.5 Å². The molecule has 0 fully saturated rings. The number of nitrogens with one attached hydrogen (secondary N) is 1. The lowest BCUT2D eigenvalue weighted by atomic mass is 10.2. The molecule has 0 saturated carbocycles. The van der Waals surface area contributed by atoms with Crippen molar-refractivity contribution in [2.75, 3.05) is 21.0 Å². The van der Waals surface area contributed by atoms with Gasteiger partial charge in [0.25, 0.3) is 0 Å². The Bertz CT molecular complexity index is 585. The van der Waals surface area contributed by atoms with Crippen LogP contribution in [0.3, 0.4) is 0 Å². The lowest BCUT2D eigenvalue weighted by molar-refractivity contribution is 0.266. The smallest absolute Gasteiger partial charge is 0.163 e. The number of hydrogen-bond acceptors (Lipinski definition) is 5. The third-order valence-electron chi connectivity index (χ3n) is 3.28. The molecule has 0 heterocycles. The molecule has 5 heteroatoms. The maximum atomic E-state index is 5.72. The Kier molecular flexibility index (Phi) is 6.06. The molecule has 118 valence electrons. The van der Waals surface area contributed by atoms with Gasteiger partial charge < -0.3 is 19.9 Å². The Hall–Kier alpha value is -2.24. The van der Waals surface area contributed by atoms with E-state index in [-0.39, 0.29) is 0 Å². The van der Waals surface area contributed by atoms with Crippen molar-refractivity contribution in [2.45, 2.75) is 13.1 Å². The van der Waals surface area contributed by atoms with Crippen molar-refractivity contribution < 1.29 is 14.2 Å². The van der Waals surface area contributed by atoms with E-state index in [1.54, 1.807) is 14.2 Å². The summed E-state index contributed by atoms with van der Waals surface area (Å²) < 4.78 is 16.1. The van der Waals surface area contributed by atoms with Crippen molar-refractivity contribution >= 4 is 0 Å². The van der Waals surface area contributed by atoms with Crippen LogP contribution in [0, 0.1) is 0 Å². The van der Waals surface area contributed by atoms with Gasteiger partial charge in [-0.15, -0.1) is 0 Å². The molecule has 0 aliphatic rings. The minimum atomic E-state index is 0.385. The number of nitrogens with two attached hydrogens (primary N) is 1. The molecule has 0 saturated heterocycles. The average molecular weight is 302 g/mol. The summed E-state index contributed by atoms with van der Waals surface area (Å²) in [6.07, 6.45) is 0. The number of rotatable bonds is 8. The SMILES string of the molecule is COc1ccc(CNCOc2cc(CN)ccc2OC)cc1. The van der Waals surface area contributed by atoms with E-state index in [0.717, 1.165) is 16.9 Å². The van der Waals surface area contributed by atoms with E-state index in [1.165, 1.54) is 0 Å². The molecule has 0 amide bonds. The molecule has 0 atom stereocenters. The van der Waals surface area contributed by atoms with E-state index in [4.69, 9.17) is 19.9 Å². The summed E-state index contributed by atoms with van der Waals surface area (Å²) in [6, 6.07) is 13.6. The zero-order chi connectivity index (χ0) is 15.8. The Morgan fingerprint density at radius 2 is 1.64 bits per heavy atom. The van der Waals surface area contributed by atoms with Crippen LogP contribution in [0.4, 0.5) is 0 Å². The third-order valence-corrected chi connectivity index (χ3v) is 3.28. The van der Waals surface area contributed by atoms with Crippen LogP contribution in [-0.4, -0.2) is 21.0 Å². The summed E-state index contributed by atoms with van der Waals surface area (Å²) in [5.41, 5.74) is 7.81. The van der Waals surface area contributed by atoms with Gasteiger partial charge in [0.15, 0.2) is 11.5 Å². The fourth-order valence-corrected chi connectivity index (χ4v) is 2.03. The van der Waals surface area contributed by atoms with E-state index in [2.05, 4.69) is 5.32 Å². The first-order valence-corrected chi connectivity index (χ1v) is 7.10. The summed E-state index contributed by atoms with van der Waals surface area (Å²) in [6.45, 7) is 1.57. The summed E-state index contributed by atoms with van der Waals surface area (Å²) in [5, 5.41) is 3.23. The summed E-state index contributed by atoms with van der Waals surface area (Å²) in [4.78, 5) is 0. The van der Waals surface area contributed by atoms with Crippen LogP contribution in [0.5, 0.6) is 17.2 Å². The zero-order valence-corrected chi connectivity index (χ0v) is 13.0. The summed E-state index contributed by atoms with van der Waals surface area (Å²) in [7, 11) is 3.28. The number of hydrogen-bond donors (Lipinski definition) is 2. The quantitative estimate of drug-likeness (QED) is 0.578. The van der Waals surface area contributed by atoms with E-state index >= 15 is 0 Å². The van der Waals surface area contributed by atoms with Crippen molar-refractivity contribution in [3.05, 3.63) is 53.6 Å². The summed E-state index contributed by atoms with van der Waals surface area (Å²) in [5.74, 6) is 2.24. The molecule has 2 aromatic carbocycles. The predicted octanol–water partition coefficient (Wildman–Crippen LogP) is 2.29. The van der Waals surface area contributed by atoms with Gasteiger partial charge in [-0.2, -0.15) is 0 Å². The number of methoxy groups -OCH3 is 2. The maximum absolute atomic E-state index is 5.72. The van der Waals surface area contributed by atoms with E-state index in [9.17, 15) is 0 Å². The standard InChI is InChI=1S/C17H22N2O3/c1-20-15-6-3-13(4-7-15)11-19-12-22-17-9-14(10-18)5-8-16(17)21-2/h3-9,19H,10-12,18H2,1-2H3. The second-order valence-electron chi connectivity index (χ2n) is 4.75. The molecular weight excluding hydrogens is 280 g/mol. The van der Waals surface area contributed by atoms with Crippen molar-refractivity contribution in [2.24, 2.45) is 5.73 Å².